The fourth-order valence-corrected chi connectivity index (χ4v) is 4.77. The molecule has 0 saturated carbocycles. The van der Waals surface area contributed by atoms with Gasteiger partial charge in [0, 0.05) is 38.4 Å². The summed E-state index contributed by atoms with van der Waals surface area (Å²) in [5, 5.41) is 4.14. The van der Waals surface area contributed by atoms with Crippen LogP contribution >= 0.6 is 11.8 Å². The van der Waals surface area contributed by atoms with E-state index in [1.54, 1.807) is 18.2 Å². The van der Waals surface area contributed by atoms with E-state index in [9.17, 15) is 14.4 Å². The standard InChI is InChI=1S/C22H26N4O4S/c1-30-17-7-5-16(6-8-17)15-26-20-18(14-23-26)19(27)4-2-9-24(20)10-3-11-25-12-13-31-22(29)21(25)28/h5-8,14H,2-4,9-13,15H2,1H3. The van der Waals surface area contributed by atoms with Crippen molar-refractivity contribution in [3.8, 4) is 5.75 Å². The molecule has 0 atom stereocenters. The summed E-state index contributed by atoms with van der Waals surface area (Å²) in [7, 11) is 1.64. The van der Waals surface area contributed by atoms with Gasteiger partial charge in [0.15, 0.2) is 5.78 Å². The van der Waals surface area contributed by atoms with Gasteiger partial charge in [-0.15, -0.1) is 0 Å². The van der Waals surface area contributed by atoms with Crippen LogP contribution in [0.15, 0.2) is 30.5 Å². The molecule has 1 saturated heterocycles. The Morgan fingerprint density at radius 1 is 1.06 bits per heavy atom. The molecule has 2 aromatic rings. The van der Waals surface area contributed by atoms with E-state index in [1.165, 1.54) is 0 Å². The third-order valence-electron chi connectivity index (χ3n) is 5.65. The molecule has 0 bridgehead atoms. The van der Waals surface area contributed by atoms with Crippen molar-refractivity contribution >= 4 is 34.4 Å². The molecule has 0 spiro atoms. The molecule has 31 heavy (non-hydrogen) atoms. The molecule has 8 nitrogen and oxygen atoms in total. The molecule has 0 aliphatic carbocycles. The molecule has 164 valence electrons. The number of carbonyl (C=O) groups is 3. The van der Waals surface area contributed by atoms with Crippen molar-refractivity contribution in [1.82, 2.24) is 14.7 Å². The minimum Gasteiger partial charge on any atom is -0.497 e. The van der Waals surface area contributed by atoms with Crippen LogP contribution in [0, 0.1) is 0 Å². The molecule has 4 rings (SSSR count). The Morgan fingerprint density at radius 2 is 1.84 bits per heavy atom. The molecule has 1 amide bonds. The highest BCUT2D eigenvalue weighted by atomic mass is 32.2. The van der Waals surface area contributed by atoms with Crippen LogP contribution in [0.3, 0.4) is 0 Å². The van der Waals surface area contributed by atoms with Gasteiger partial charge in [-0.2, -0.15) is 5.10 Å². The zero-order chi connectivity index (χ0) is 21.8. The molecule has 2 aliphatic rings. The lowest BCUT2D eigenvalue weighted by Gasteiger charge is -2.28. The number of Topliss-reactive ketones (excluding diaryl/α,β-unsaturated/α-hetero) is 1. The average molecular weight is 443 g/mol. The first-order chi connectivity index (χ1) is 15.1. The van der Waals surface area contributed by atoms with Crippen LogP contribution in [0.5, 0.6) is 5.75 Å². The fraction of sp³-hybridized carbons (Fsp3) is 0.455. The third-order valence-corrected chi connectivity index (χ3v) is 6.47. The van der Waals surface area contributed by atoms with Crippen LogP contribution in [-0.4, -0.2) is 70.5 Å². The first-order valence-corrected chi connectivity index (χ1v) is 11.5. The minimum absolute atomic E-state index is 0.118. The van der Waals surface area contributed by atoms with Gasteiger partial charge < -0.3 is 14.5 Å². The molecule has 1 fully saturated rings. The number of amides is 1. The predicted octanol–water partition coefficient (Wildman–Crippen LogP) is 2.21. The Hall–Kier alpha value is -2.81. The topological polar surface area (TPSA) is 84.7 Å². The first-order valence-electron chi connectivity index (χ1n) is 10.5. The molecular formula is C22H26N4O4S. The second kappa shape index (κ2) is 9.55. The number of ether oxygens (including phenoxy) is 1. The smallest absolute Gasteiger partial charge is 0.301 e. The Morgan fingerprint density at radius 3 is 2.61 bits per heavy atom. The highest BCUT2D eigenvalue weighted by Crippen LogP contribution is 2.28. The minimum atomic E-state index is -0.396. The second-order valence-electron chi connectivity index (χ2n) is 7.68. The maximum atomic E-state index is 12.6. The largest absolute Gasteiger partial charge is 0.497 e. The zero-order valence-corrected chi connectivity index (χ0v) is 18.4. The van der Waals surface area contributed by atoms with Gasteiger partial charge in [-0.1, -0.05) is 23.9 Å². The Labute approximate surface area is 185 Å². The normalized spacial score (nSPS) is 17.0. The summed E-state index contributed by atoms with van der Waals surface area (Å²) in [6.45, 7) is 3.15. The molecule has 2 aliphatic heterocycles. The lowest BCUT2D eigenvalue weighted by Crippen LogP contribution is -2.42. The van der Waals surface area contributed by atoms with E-state index >= 15 is 0 Å². The van der Waals surface area contributed by atoms with Crippen molar-refractivity contribution < 1.29 is 19.1 Å². The van der Waals surface area contributed by atoms with Gasteiger partial charge in [-0.25, -0.2) is 4.68 Å². The lowest BCUT2D eigenvalue weighted by atomic mass is 10.1. The number of aromatic nitrogens is 2. The number of carbonyl (C=O) groups excluding carboxylic acids is 3. The van der Waals surface area contributed by atoms with E-state index in [1.807, 2.05) is 28.9 Å². The van der Waals surface area contributed by atoms with Gasteiger partial charge in [0.05, 0.1) is 25.4 Å². The Bertz CT molecular complexity index is 972. The summed E-state index contributed by atoms with van der Waals surface area (Å²) < 4.78 is 7.11. The van der Waals surface area contributed by atoms with Gasteiger partial charge >= 0.3 is 5.91 Å². The van der Waals surface area contributed by atoms with Crippen LogP contribution in [0.2, 0.25) is 0 Å². The molecule has 0 radical (unpaired) electrons. The number of hydrogen-bond acceptors (Lipinski definition) is 7. The van der Waals surface area contributed by atoms with Crippen molar-refractivity contribution in [2.45, 2.75) is 25.8 Å². The second-order valence-corrected chi connectivity index (χ2v) is 8.75. The number of anilines is 1. The molecule has 1 aromatic heterocycles. The van der Waals surface area contributed by atoms with E-state index in [0.29, 0.717) is 43.9 Å². The fourth-order valence-electron chi connectivity index (χ4n) is 4.02. The highest BCUT2D eigenvalue weighted by Gasteiger charge is 2.28. The zero-order valence-electron chi connectivity index (χ0n) is 17.6. The summed E-state index contributed by atoms with van der Waals surface area (Å²) in [6, 6.07) is 7.81. The van der Waals surface area contributed by atoms with E-state index < -0.39 is 5.91 Å². The Kier molecular flexibility index (Phi) is 6.60. The summed E-state index contributed by atoms with van der Waals surface area (Å²) in [5.74, 6) is 2.01. The lowest BCUT2D eigenvalue weighted by molar-refractivity contribution is -0.140. The van der Waals surface area contributed by atoms with Crippen molar-refractivity contribution in [1.29, 1.82) is 0 Å². The van der Waals surface area contributed by atoms with Gasteiger partial charge in [0.2, 0.25) is 0 Å². The molecule has 3 heterocycles. The monoisotopic (exact) mass is 442 g/mol. The SMILES string of the molecule is COc1ccc(Cn2ncc3c2N(CCCN2CCSC(=O)C2=O)CCCC3=O)cc1. The summed E-state index contributed by atoms with van der Waals surface area (Å²) in [4.78, 5) is 40.1. The van der Waals surface area contributed by atoms with Crippen molar-refractivity contribution in [3.05, 3.63) is 41.6 Å². The van der Waals surface area contributed by atoms with Gasteiger partial charge in [-0.3, -0.25) is 14.4 Å². The van der Waals surface area contributed by atoms with E-state index in [2.05, 4.69) is 10.00 Å². The van der Waals surface area contributed by atoms with Crippen LogP contribution in [0.1, 0.15) is 35.2 Å². The van der Waals surface area contributed by atoms with E-state index in [4.69, 9.17) is 4.74 Å². The maximum absolute atomic E-state index is 12.6. The molecule has 0 unspecified atom stereocenters. The summed E-state index contributed by atoms with van der Waals surface area (Å²) >= 11 is 1.09. The number of hydrogen-bond donors (Lipinski definition) is 0. The summed E-state index contributed by atoms with van der Waals surface area (Å²) in [6.07, 6.45) is 3.69. The van der Waals surface area contributed by atoms with Crippen molar-refractivity contribution in [2.75, 3.05) is 43.9 Å². The maximum Gasteiger partial charge on any atom is 0.301 e. The van der Waals surface area contributed by atoms with E-state index in [0.717, 1.165) is 48.3 Å². The Balaban J connectivity index is 1.48. The van der Waals surface area contributed by atoms with Gasteiger partial charge in [0.25, 0.3) is 5.12 Å². The van der Waals surface area contributed by atoms with Crippen LogP contribution < -0.4 is 9.64 Å². The van der Waals surface area contributed by atoms with Gasteiger partial charge in [0.1, 0.15) is 11.6 Å². The van der Waals surface area contributed by atoms with Crippen molar-refractivity contribution in [2.24, 2.45) is 0 Å². The number of ketones is 1. The first kappa shape index (κ1) is 21.4. The number of benzene rings is 1. The van der Waals surface area contributed by atoms with Crippen LogP contribution in [0.4, 0.5) is 5.82 Å². The predicted molar refractivity (Wildman–Crippen MR) is 119 cm³/mol. The van der Waals surface area contributed by atoms with Crippen LogP contribution in [0.25, 0.3) is 0 Å². The van der Waals surface area contributed by atoms with Crippen LogP contribution in [-0.2, 0) is 16.1 Å². The molecule has 1 aromatic carbocycles. The number of rotatable bonds is 7. The number of nitrogens with zero attached hydrogens (tertiary/aromatic N) is 4. The quantitative estimate of drug-likeness (QED) is 0.608. The third kappa shape index (κ3) is 4.76. The average Bonchev–Trinajstić information content (AvgIpc) is 3.12. The van der Waals surface area contributed by atoms with E-state index in [-0.39, 0.29) is 10.9 Å². The molecule has 0 N–H and O–H groups in total. The number of thioether (sulfide) groups is 1. The highest BCUT2D eigenvalue weighted by molar-refractivity contribution is 8.15. The van der Waals surface area contributed by atoms with Gasteiger partial charge in [-0.05, 0) is 30.5 Å². The number of methoxy groups -OCH3 is 1. The number of fused-ring (bicyclic) bond motifs is 1. The summed E-state index contributed by atoms with van der Waals surface area (Å²) in [5.41, 5.74) is 1.73. The molecular weight excluding hydrogens is 416 g/mol. The van der Waals surface area contributed by atoms with Crippen molar-refractivity contribution in [3.63, 3.8) is 0 Å². The molecule has 9 heteroatoms.